The van der Waals surface area contributed by atoms with Crippen LogP contribution >= 0.6 is 0 Å². The molecule has 150 valence electrons. The van der Waals surface area contributed by atoms with E-state index >= 15 is 0 Å². The zero-order valence-corrected chi connectivity index (χ0v) is 15.9. The van der Waals surface area contributed by atoms with Gasteiger partial charge in [0.25, 0.3) is 17.2 Å². The molecule has 1 aromatic heterocycles. The second kappa shape index (κ2) is 8.22. The quantitative estimate of drug-likeness (QED) is 0.545. The number of rotatable bonds is 7. The highest BCUT2D eigenvalue weighted by molar-refractivity contribution is 5.92. The Hall–Kier alpha value is -3.20. The normalized spacial score (nSPS) is 12.4. The van der Waals surface area contributed by atoms with Gasteiger partial charge in [-0.05, 0) is 23.1 Å². The summed E-state index contributed by atoms with van der Waals surface area (Å²) in [4.78, 5) is 33.8. The molecule has 1 atom stereocenters. The Bertz CT molecular complexity index is 928. The molecule has 1 amide bonds. The molecule has 0 bridgehead atoms. The topological polar surface area (TPSA) is 138 Å². The number of hydrogen-bond acceptors (Lipinski definition) is 6. The number of carbonyl (C=O) groups excluding carboxylic acids is 1. The van der Waals surface area contributed by atoms with Crippen molar-refractivity contribution in [3.63, 3.8) is 0 Å². The van der Waals surface area contributed by atoms with Crippen molar-refractivity contribution >= 4 is 11.6 Å². The molecule has 0 aliphatic carbocycles. The predicted molar refractivity (Wildman–Crippen MR) is 103 cm³/mol. The molecule has 0 radical (unpaired) electrons. The van der Waals surface area contributed by atoms with Gasteiger partial charge in [-0.3, -0.25) is 19.7 Å². The molecule has 1 heterocycles. The summed E-state index contributed by atoms with van der Waals surface area (Å²) in [5.74, 6) is -0.539. The third-order valence-corrected chi connectivity index (χ3v) is 4.12. The van der Waals surface area contributed by atoms with Crippen LogP contribution in [0.25, 0.3) is 0 Å². The fraction of sp³-hybridized carbons (Fsp3) is 0.368. The van der Waals surface area contributed by atoms with Gasteiger partial charge >= 0.3 is 0 Å². The molecule has 1 unspecified atom stereocenters. The average Bonchev–Trinajstić information content (AvgIpc) is 2.60. The number of nitrogens with two attached hydrogens (primary N) is 1. The summed E-state index contributed by atoms with van der Waals surface area (Å²) in [5, 5.41) is 21.1. The van der Waals surface area contributed by atoms with Gasteiger partial charge in [0.15, 0.2) is 0 Å². The number of primary amides is 1. The highest BCUT2D eigenvalue weighted by Gasteiger charge is 2.19. The maximum Gasteiger partial charge on any atom is 0.286 e. The summed E-state index contributed by atoms with van der Waals surface area (Å²) in [6.07, 6.45) is -0.182. The van der Waals surface area contributed by atoms with E-state index in [4.69, 9.17) is 10.5 Å². The monoisotopic (exact) mass is 389 g/mol. The third-order valence-electron chi connectivity index (χ3n) is 4.12. The number of benzene rings is 1. The highest BCUT2D eigenvalue weighted by atomic mass is 16.6. The lowest BCUT2D eigenvalue weighted by molar-refractivity contribution is -0.385. The van der Waals surface area contributed by atoms with Gasteiger partial charge in [-0.25, -0.2) is 0 Å². The first-order chi connectivity index (χ1) is 13.0. The van der Waals surface area contributed by atoms with E-state index in [-0.39, 0.29) is 18.6 Å². The molecule has 2 rings (SSSR count). The van der Waals surface area contributed by atoms with Crippen molar-refractivity contribution < 1.29 is 19.6 Å². The van der Waals surface area contributed by atoms with Gasteiger partial charge in [-0.15, -0.1) is 0 Å². The van der Waals surface area contributed by atoms with Crippen LogP contribution in [0.4, 0.5) is 5.69 Å². The minimum Gasteiger partial charge on any atom is -0.491 e. The Kier molecular flexibility index (Phi) is 6.19. The molecule has 1 aromatic carbocycles. The lowest BCUT2D eigenvalue weighted by Gasteiger charge is -2.19. The van der Waals surface area contributed by atoms with Crippen LogP contribution in [0, 0.1) is 10.1 Å². The van der Waals surface area contributed by atoms with Crippen molar-refractivity contribution in [3.05, 3.63) is 68.1 Å². The summed E-state index contributed by atoms with van der Waals surface area (Å²) in [6, 6.07) is 8.22. The van der Waals surface area contributed by atoms with E-state index in [1.54, 1.807) is 12.1 Å². The third kappa shape index (κ3) is 5.17. The molecule has 9 heteroatoms. The highest BCUT2D eigenvalue weighted by Crippen LogP contribution is 2.24. The second-order valence-electron chi connectivity index (χ2n) is 7.43. The van der Waals surface area contributed by atoms with Crippen LogP contribution < -0.4 is 16.0 Å². The average molecular weight is 389 g/mol. The molecule has 0 aliphatic heterocycles. The van der Waals surface area contributed by atoms with E-state index in [0.717, 1.165) is 22.4 Å². The SMILES string of the molecule is CC(C)(C)c1ccc(OCC(O)Cn2cc([N+](=O)[O-])cc(C(N)=O)c2=O)cc1. The zero-order chi connectivity index (χ0) is 21.1. The van der Waals surface area contributed by atoms with Crippen LogP contribution in [0.2, 0.25) is 0 Å². The summed E-state index contributed by atoms with van der Waals surface area (Å²) in [7, 11) is 0. The van der Waals surface area contributed by atoms with Crippen molar-refractivity contribution in [2.75, 3.05) is 6.61 Å². The van der Waals surface area contributed by atoms with Crippen LogP contribution in [0.5, 0.6) is 5.75 Å². The smallest absolute Gasteiger partial charge is 0.286 e. The van der Waals surface area contributed by atoms with Gasteiger partial charge in [0.05, 0.1) is 17.7 Å². The largest absolute Gasteiger partial charge is 0.491 e. The molecule has 2 aromatic rings. The van der Waals surface area contributed by atoms with Crippen LogP contribution in [0.15, 0.2) is 41.3 Å². The van der Waals surface area contributed by atoms with Gasteiger partial charge in [-0.1, -0.05) is 32.9 Å². The van der Waals surface area contributed by atoms with E-state index in [1.165, 1.54) is 0 Å². The molecule has 0 aliphatic rings. The minimum atomic E-state index is -1.14. The first-order valence-electron chi connectivity index (χ1n) is 8.59. The summed E-state index contributed by atoms with van der Waals surface area (Å²) in [6.45, 7) is 5.83. The number of nitrogens with zero attached hydrogens (tertiary/aromatic N) is 2. The Labute approximate surface area is 161 Å². The summed E-state index contributed by atoms with van der Waals surface area (Å²) >= 11 is 0. The number of aliphatic hydroxyl groups is 1. The number of aromatic nitrogens is 1. The van der Waals surface area contributed by atoms with Gasteiger partial charge in [0.1, 0.15) is 24.0 Å². The molecule has 0 spiro atoms. The molecule has 28 heavy (non-hydrogen) atoms. The standard InChI is InChI=1S/C19H23N3O6/c1-19(2,3)12-4-6-15(7-5-12)28-11-14(23)10-21-9-13(22(26)27)8-16(17(20)24)18(21)25/h4-9,14,23H,10-11H2,1-3H3,(H2,20,24). The maximum atomic E-state index is 12.2. The molecule has 0 fully saturated rings. The fourth-order valence-corrected chi connectivity index (χ4v) is 2.56. The fourth-order valence-electron chi connectivity index (χ4n) is 2.56. The van der Waals surface area contributed by atoms with E-state index in [0.29, 0.717) is 5.75 Å². The van der Waals surface area contributed by atoms with Gasteiger partial charge in [0.2, 0.25) is 0 Å². The molecule has 9 nitrogen and oxygen atoms in total. The zero-order valence-electron chi connectivity index (χ0n) is 15.9. The molecule has 0 saturated carbocycles. The second-order valence-corrected chi connectivity index (χ2v) is 7.43. The van der Waals surface area contributed by atoms with Crippen molar-refractivity contribution in [2.24, 2.45) is 5.73 Å². The first-order valence-corrected chi connectivity index (χ1v) is 8.59. The van der Waals surface area contributed by atoms with Crippen molar-refractivity contribution in [3.8, 4) is 5.75 Å². The number of pyridine rings is 1. The van der Waals surface area contributed by atoms with E-state index in [9.17, 15) is 24.8 Å². The summed E-state index contributed by atoms with van der Waals surface area (Å²) < 4.78 is 6.40. The van der Waals surface area contributed by atoms with Crippen LogP contribution in [-0.2, 0) is 12.0 Å². The Morgan fingerprint density at radius 2 is 1.93 bits per heavy atom. The molecule has 3 N–H and O–H groups in total. The number of carbonyl (C=O) groups is 1. The van der Waals surface area contributed by atoms with Crippen LogP contribution in [0.1, 0.15) is 36.7 Å². The molecular weight excluding hydrogens is 366 g/mol. The van der Waals surface area contributed by atoms with Crippen molar-refractivity contribution in [2.45, 2.75) is 38.8 Å². The number of nitro groups is 1. The Morgan fingerprint density at radius 3 is 2.43 bits per heavy atom. The summed E-state index contributed by atoms with van der Waals surface area (Å²) in [5.41, 5.74) is 4.43. The lowest BCUT2D eigenvalue weighted by Crippen LogP contribution is -2.34. The number of aliphatic hydroxyl groups excluding tert-OH is 1. The Morgan fingerprint density at radius 1 is 1.32 bits per heavy atom. The van der Waals surface area contributed by atoms with Gasteiger partial charge < -0.3 is 20.1 Å². The first kappa shape index (κ1) is 21.1. The van der Waals surface area contributed by atoms with Crippen molar-refractivity contribution in [1.29, 1.82) is 0 Å². The van der Waals surface area contributed by atoms with E-state index < -0.39 is 33.7 Å². The number of amides is 1. The molecule has 0 saturated heterocycles. The Balaban J connectivity index is 2.10. The van der Waals surface area contributed by atoms with Crippen molar-refractivity contribution in [1.82, 2.24) is 4.57 Å². The van der Waals surface area contributed by atoms with E-state index in [2.05, 4.69) is 20.8 Å². The predicted octanol–water partition coefficient (Wildman–Crippen LogP) is 1.59. The number of hydrogen-bond donors (Lipinski definition) is 2. The molecular formula is C19H23N3O6. The van der Waals surface area contributed by atoms with Crippen LogP contribution in [-0.4, -0.2) is 33.2 Å². The lowest BCUT2D eigenvalue weighted by atomic mass is 9.87. The minimum absolute atomic E-state index is 0.000624. The van der Waals surface area contributed by atoms with Gasteiger partial charge in [-0.2, -0.15) is 0 Å². The number of ether oxygens (including phenoxy) is 1. The van der Waals surface area contributed by atoms with Crippen LogP contribution in [0.3, 0.4) is 0 Å². The van der Waals surface area contributed by atoms with Gasteiger partial charge in [0, 0.05) is 6.07 Å². The van der Waals surface area contributed by atoms with E-state index in [1.807, 2.05) is 12.1 Å². The maximum absolute atomic E-state index is 12.2.